The van der Waals surface area contributed by atoms with Crippen molar-refractivity contribution in [3.63, 3.8) is 0 Å². The molecule has 2 aromatic rings. The Bertz CT molecular complexity index is 313. The summed E-state index contributed by atoms with van der Waals surface area (Å²) in [5.74, 6) is 0.703. The van der Waals surface area contributed by atoms with Gasteiger partial charge >= 0.3 is 0 Å². The van der Waals surface area contributed by atoms with E-state index in [2.05, 4.69) is 21.3 Å². The van der Waals surface area contributed by atoms with Crippen LogP contribution < -0.4 is 0 Å². The van der Waals surface area contributed by atoms with Crippen LogP contribution in [-0.2, 0) is 0 Å². The molecule has 0 fully saturated rings. The normalized spacial score (nSPS) is 9.82. The van der Waals surface area contributed by atoms with Gasteiger partial charge in [0, 0.05) is 12.4 Å². The molecule has 0 spiro atoms. The van der Waals surface area contributed by atoms with Gasteiger partial charge < -0.3 is 0 Å². The molecule has 0 amide bonds. The van der Waals surface area contributed by atoms with Gasteiger partial charge in [0.15, 0.2) is 5.82 Å². The maximum absolute atomic E-state index is 4.00. The third-order valence-corrected chi connectivity index (χ3v) is 1.25. The van der Waals surface area contributed by atoms with Gasteiger partial charge in [0.1, 0.15) is 6.20 Å². The predicted molar refractivity (Wildman–Crippen MR) is 38.0 cm³/mol. The van der Waals surface area contributed by atoms with Gasteiger partial charge in [0.05, 0.1) is 12.4 Å². The van der Waals surface area contributed by atoms with E-state index in [1.165, 1.54) is 6.20 Å². The standard InChI is InChI=1S/C7H5N4/c1-2-10-11(5-1)7-6-8-3-4-9-7/h1-2,4-6H. The number of nitrogens with zero attached hydrogens (tertiary/aromatic N) is 4. The monoisotopic (exact) mass is 145 g/mol. The Morgan fingerprint density at radius 2 is 2.45 bits per heavy atom. The SMILES string of the molecule is [c]1cnc(-n2cccn2)cn1. The predicted octanol–water partition coefficient (Wildman–Crippen LogP) is 0.462. The minimum Gasteiger partial charge on any atom is -0.249 e. The minimum absolute atomic E-state index is 0.703. The van der Waals surface area contributed by atoms with Gasteiger partial charge in [-0.15, -0.1) is 0 Å². The Morgan fingerprint density at radius 3 is 3.09 bits per heavy atom. The zero-order valence-corrected chi connectivity index (χ0v) is 5.68. The molecular weight excluding hydrogens is 140 g/mol. The summed E-state index contributed by atoms with van der Waals surface area (Å²) < 4.78 is 1.64. The van der Waals surface area contributed by atoms with E-state index < -0.39 is 0 Å². The van der Waals surface area contributed by atoms with Crippen molar-refractivity contribution in [2.75, 3.05) is 0 Å². The molecule has 0 bridgehead atoms. The highest BCUT2D eigenvalue weighted by molar-refractivity contribution is 5.14. The second-order valence-corrected chi connectivity index (χ2v) is 1.95. The van der Waals surface area contributed by atoms with E-state index in [0.29, 0.717) is 5.82 Å². The van der Waals surface area contributed by atoms with Crippen LogP contribution >= 0.6 is 0 Å². The van der Waals surface area contributed by atoms with Crippen LogP contribution in [-0.4, -0.2) is 19.7 Å². The van der Waals surface area contributed by atoms with Gasteiger partial charge in [-0.3, -0.25) is 0 Å². The molecule has 0 saturated carbocycles. The molecule has 11 heavy (non-hydrogen) atoms. The fraction of sp³-hybridized carbons (Fsp3) is 0. The molecule has 53 valence electrons. The molecule has 0 unspecified atom stereocenters. The molecule has 4 heteroatoms. The van der Waals surface area contributed by atoms with Gasteiger partial charge in [0.25, 0.3) is 0 Å². The first-order valence-corrected chi connectivity index (χ1v) is 3.15. The van der Waals surface area contributed by atoms with Crippen molar-refractivity contribution in [3.05, 3.63) is 37.1 Å². The fourth-order valence-electron chi connectivity index (χ4n) is 0.779. The molecule has 2 heterocycles. The van der Waals surface area contributed by atoms with Crippen molar-refractivity contribution in [2.24, 2.45) is 0 Å². The first-order valence-electron chi connectivity index (χ1n) is 3.15. The van der Waals surface area contributed by atoms with E-state index >= 15 is 0 Å². The molecule has 0 aliphatic heterocycles. The van der Waals surface area contributed by atoms with E-state index in [4.69, 9.17) is 0 Å². The highest BCUT2D eigenvalue weighted by Gasteiger charge is 1.93. The topological polar surface area (TPSA) is 43.6 Å². The Morgan fingerprint density at radius 1 is 1.45 bits per heavy atom. The summed E-state index contributed by atoms with van der Waals surface area (Å²) in [6.45, 7) is 0. The Labute approximate surface area is 63.5 Å². The summed E-state index contributed by atoms with van der Waals surface area (Å²) >= 11 is 0. The highest BCUT2D eigenvalue weighted by Crippen LogP contribution is 1.96. The van der Waals surface area contributed by atoms with Crippen molar-refractivity contribution in [1.29, 1.82) is 0 Å². The average Bonchev–Trinajstić information content (AvgIpc) is 2.58. The van der Waals surface area contributed by atoms with E-state index in [1.54, 1.807) is 17.1 Å². The van der Waals surface area contributed by atoms with Crippen LogP contribution in [0.25, 0.3) is 5.82 Å². The van der Waals surface area contributed by atoms with Crippen LogP contribution in [0, 0.1) is 6.20 Å². The second kappa shape index (κ2) is 2.49. The van der Waals surface area contributed by atoms with Crippen molar-refractivity contribution in [1.82, 2.24) is 19.7 Å². The fourth-order valence-corrected chi connectivity index (χ4v) is 0.779. The van der Waals surface area contributed by atoms with Crippen LogP contribution in [0.3, 0.4) is 0 Å². The number of hydrogen-bond donors (Lipinski definition) is 0. The van der Waals surface area contributed by atoms with E-state index in [1.807, 2.05) is 12.3 Å². The number of aromatic nitrogens is 4. The Hall–Kier alpha value is -1.71. The molecule has 0 saturated heterocycles. The van der Waals surface area contributed by atoms with Crippen molar-refractivity contribution in [2.45, 2.75) is 0 Å². The molecule has 2 rings (SSSR count). The number of hydrogen-bond acceptors (Lipinski definition) is 3. The largest absolute Gasteiger partial charge is 0.249 e. The molecule has 0 aliphatic rings. The highest BCUT2D eigenvalue weighted by atomic mass is 15.3. The van der Waals surface area contributed by atoms with Gasteiger partial charge in [0.2, 0.25) is 0 Å². The van der Waals surface area contributed by atoms with Crippen LogP contribution in [0.2, 0.25) is 0 Å². The van der Waals surface area contributed by atoms with Crippen molar-refractivity contribution in [3.8, 4) is 5.82 Å². The van der Waals surface area contributed by atoms with Gasteiger partial charge in [-0.25, -0.2) is 14.6 Å². The van der Waals surface area contributed by atoms with Gasteiger partial charge in [-0.1, -0.05) is 0 Å². The molecule has 0 atom stereocenters. The zero-order valence-electron chi connectivity index (χ0n) is 5.68. The molecule has 2 aromatic heterocycles. The van der Waals surface area contributed by atoms with Gasteiger partial charge in [-0.2, -0.15) is 5.10 Å². The Balaban J connectivity index is 2.46. The minimum atomic E-state index is 0.703. The van der Waals surface area contributed by atoms with Crippen molar-refractivity contribution >= 4 is 0 Å². The molecule has 0 aliphatic carbocycles. The molecule has 0 N–H and O–H groups in total. The average molecular weight is 145 g/mol. The third kappa shape index (κ3) is 1.10. The Kier molecular flexibility index (Phi) is 1.37. The third-order valence-electron chi connectivity index (χ3n) is 1.25. The van der Waals surface area contributed by atoms with Crippen molar-refractivity contribution < 1.29 is 0 Å². The van der Waals surface area contributed by atoms with Crippen LogP contribution in [0.5, 0.6) is 0 Å². The second-order valence-electron chi connectivity index (χ2n) is 1.95. The first-order chi connectivity index (χ1) is 5.47. The zero-order chi connectivity index (χ0) is 7.52. The molecular formula is C7H5N4. The molecule has 4 nitrogen and oxygen atoms in total. The van der Waals surface area contributed by atoms with E-state index in [-0.39, 0.29) is 0 Å². The lowest BCUT2D eigenvalue weighted by Gasteiger charge is -1.95. The van der Waals surface area contributed by atoms with Crippen LogP contribution in [0.15, 0.2) is 30.9 Å². The lowest BCUT2D eigenvalue weighted by atomic mass is 10.6. The summed E-state index contributed by atoms with van der Waals surface area (Å²) in [7, 11) is 0. The van der Waals surface area contributed by atoms with Crippen LogP contribution in [0.1, 0.15) is 0 Å². The summed E-state index contributed by atoms with van der Waals surface area (Å²) in [5.41, 5.74) is 0. The van der Waals surface area contributed by atoms with Crippen LogP contribution in [0.4, 0.5) is 0 Å². The van der Waals surface area contributed by atoms with Gasteiger partial charge in [-0.05, 0) is 6.07 Å². The summed E-state index contributed by atoms with van der Waals surface area (Å²) in [4.78, 5) is 7.80. The first kappa shape index (κ1) is 6.03. The summed E-state index contributed by atoms with van der Waals surface area (Å²) in [6, 6.07) is 1.83. The number of rotatable bonds is 1. The van der Waals surface area contributed by atoms with E-state index in [0.717, 1.165) is 0 Å². The summed E-state index contributed by atoms with van der Waals surface area (Å²) in [5, 5.41) is 3.99. The quantitative estimate of drug-likeness (QED) is 0.585. The maximum atomic E-state index is 4.00. The summed E-state index contributed by atoms with van der Waals surface area (Å²) in [6.07, 6.45) is 9.21. The smallest absolute Gasteiger partial charge is 0.171 e. The molecule has 1 radical (unpaired) electrons. The van der Waals surface area contributed by atoms with E-state index in [9.17, 15) is 0 Å². The molecule has 0 aromatic carbocycles. The maximum Gasteiger partial charge on any atom is 0.171 e. The lowest BCUT2D eigenvalue weighted by molar-refractivity contribution is 0.837. The lowest BCUT2D eigenvalue weighted by Crippen LogP contribution is -1.97.